The van der Waals surface area contributed by atoms with E-state index in [0.29, 0.717) is 12.2 Å². The average molecular weight is 393 g/mol. The maximum absolute atomic E-state index is 12.8. The highest BCUT2D eigenvalue weighted by Crippen LogP contribution is 2.29. The summed E-state index contributed by atoms with van der Waals surface area (Å²) in [5, 5.41) is 2.79. The predicted molar refractivity (Wildman–Crippen MR) is 112 cm³/mol. The van der Waals surface area contributed by atoms with Crippen LogP contribution >= 0.6 is 0 Å². The minimum Gasteiger partial charge on any atom is -0.336 e. The summed E-state index contributed by atoms with van der Waals surface area (Å²) in [6.07, 6.45) is 0.180. The lowest BCUT2D eigenvalue weighted by Crippen LogP contribution is -2.39. The van der Waals surface area contributed by atoms with Gasteiger partial charge >= 0.3 is 0 Å². The Morgan fingerprint density at radius 3 is 2.45 bits per heavy atom. The summed E-state index contributed by atoms with van der Waals surface area (Å²) in [7, 11) is 1.60. The zero-order valence-electron chi connectivity index (χ0n) is 17.1. The molecule has 0 aromatic heterocycles. The van der Waals surface area contributed by atoms with E-state index in [1.165, 1.54) is 4.90 Å². The number of amides is 3. The van der Waals surface area contributed by atoms with E-state index in [1.54, 1.807) is 11.9 Å². The van der Waals surface area contributed by atoms with Crippen molar-refractivity contribution in [1.82, 2.24) is 9.80 Å². The number of carbonyl (C=O) groups is 3. The van der Waals surface area contributed by atoms with E-state index in [-0.39, 0.29) is 36.7 Å². The van der Waals surface area contributed by atoms with Crippen LogP contribution in [0, 0.1) is 12.8 Å². The van der Waals surface area contributed by atoms with Gasteiger partial charge in [-0.3, -0.25) is 14.4 Å². The zero-order chi connectivity index (χ0) is 21.0. The Morgan fingerprint density at radius 1 is 1.14 bits per heavy atom. The number of nitrogens with zero attached hydrogens (tertiary/aromatic N) is 2. The first-order valence-electron chi connectivity index (χ1n) is 9.81. The molecule has 0 saturated carbocycles. The maximum Gasteiger partial charge on any atom is 0.243 e. The number of likely N-dealkylation sites (tertiary alicyclic amines) is 1. The lowest BCUT2D eigenvalue weighted by molar-refractivity contribution is -0.137. The van der Waals surface area contributed by atoms with Gasteiger partial charge in [0.2, 0.25) is 17.7 Å². The highest BCUT2D eigenvalue weighted by atomic mass is 16.2. The molecule has 0 spiro atoms. The van der Waals surface area contributed by atoms with Crippen molar-refractivity contribution in [3.63, 3.8) is 0 Å². The van der Waals surface area contributed by atoms with Crippen molar-refractivity contribution in [2.24, 2.45) is 5.92 Å². The summed E-state index contributed by atoms with van der Waals surface area (Å²) in [6.45, 7) is 4.27. The SMILES string of the molecule is Cc1ccc(NC(=O)CN(C)C(=O)C2CC(=O)N(C(C)c3ccccc3)C2)cc1. The predicted octanol–water partition coefficient (Wildman–Crippen LogP) is 3.00. The molecule has 2 atom stereocenters. The second kappa shape index (κ2) is 8.90. The molecule has 6 heteroatoms. The lowest BCUT2D eigenvalue weighted by Gasteiger charge is -2.26. The van der Waals surface area contributed by atoms with Gasteiger partial charge in [0.25, 0.3) is 0 Å². The number of carbonyl (C=O) groups excluding carboxylic acids is 3. The van der Waals surface area contributed by atoms with Crippen molar-refractivity contribution in [2.45, 2.75) is 26.3 Å². The number of hydrogen-bond acceptors (Lipinski definition) is 3. The number of likely N-dealkylation sites (N-methyl/N-ethyl adjacent to an activating group) is 1. The van der Waals surface area contributed by atoms with Crippen LogP contribution in [0.3, 0.4) is 0 Å². The van der Waals surface area contributed by atoms with Crippen molar-refractivity contribution >= 4 is 23.4 Å². The Labute approximate surface area is 171 Å². The molecule has 2 unspecified atom stereocenters. The van der Waals surface area contributed by atoms with Gasteiger partial charge in [-0.1, -0.05) is 48.0 Å². The van der Waals surface area contributed by atoms with E-state index in [4.69, 9.17) is 0 Å². The molecular weight excluding hydrogens is 366 g/mol. The van der Waals surface area contributed by atoms with Crippen LogP contribution in [0.2, 0.25) is 0 Å². The van der Waals surface area contributed by atoms with Gasteiger partial charge in [-0.15, -0.1) is 0 Å². The molecule has 0 radical (unpaired) electrons. The minimum atomic E-state index is -0.425. The van der Waals surface area contributed by atoms with Gasteiger partial charge in [-0.2, -0.15) is 0 Å². The molecule has 1 aliphatic rings. The topological polar surface area (TPSA) is 69.7 Å². The van der Waals surface area contributed by atoms with Gasteiger partial charge in [-0.25, -0.2) is 0 Å². The standard InChI is InChI=1S/C23H27N3O3/c1-16-9-11-20(12-10-16)24-21(27)15-25(3)23(29)19-13-22(28)26(14-19)17(2)18-7-5-4-6-8-18/h4-12,17,19H,13-15H2,1-3H3,(H,24,27). The third-order valence-electron chi connectivity index (χ3n) is 5.35. The average Bonchev–Trinajstić information content (AvgIpc) is 3.10. The highest BCUT2D eigenvalue weighted by Gasteiger charge is 2.38. The van der Waals surface area contributed by atoms with Crippen molar-refractivity contribution in [1.29, 1.82) is 0 Å². The Kier molecular flexibility index (Phi) is 6.32. The molecule has 1 N–H and O–H groups in total. The van der Waals surface area contributed by atoms with Crippen molar-refractivity contribution in [3.8, 4) is 0 Å². The molecule has 2 aromatic carbocycles. The first kappa shape index (κ1) is 20.6. The Morgan fingerprint density at radius 2 is 1.79 bits per heavy atom. The monoisotopic (exact) mass is 393 g/mol. The number of nitrogens with one attached hydrogen (secondary N) is 1. The second-order valence-electron chi connectivity index (χ2n) is 7.64. The Balaban J connectivity index is 1.56. The van der Waals surface area contributed by atoms with Crippen LogP contribution in [0.1, 0.15) is 30.5 Å². The van der Waals surface area contributed by atoms with Crippen LogP contribution in [0.25, 0.3) is 0 Å². The van der Waals surface area contributed by atoms with Gasteiger partial charge < -0.3 is 15.1 Å². The van der Waals surface area contributed by atoms with Gasteiger partial charge in [0, 0.05) is 25.7 Å². The molecule has 1 aliphatic heterocycles. The Bertz CT molecular complexity index is 880. The summed E-state index contributed by atoms with van der Waals surface area (Å²) in [5.41, 5.74) is 2.84. The molecular formula is C23H27N3O3. The minimum absolute atomic E-state index is 0.0304. The van der Waals surface area contributed by atoms with E-state index < -0.39 is 5.92 Å². The molecule has 3 amide bonds. The lowest BCUT2D eigenvalue weighted by atomic mass is 10.1. The van der Waals surface area contributed by atoms with Crippen molar-refractivity contribution < 1.29 is 14.4 Å². The van der Waals surface area contributed by atoms with Crippen LogP contribution in [0.4, 0.5) is 5.69 Å². The number of anilines is 1. The Hall–Kier alpha value is -3.15. The number of aryl methyl sites for hydroxylation is 1. The zero-order valence-corrected chi connectivity index (χ0v) is 17.1. The third kappa shape index (κ3) is 5.02. The summed E-state index contributed by atoms with van der Waals surface area (Å²) in [4.78, 5) is 40.7. The molecule has 2 aromatic rings. The fourth-order valence-electron chi connectivity index (χ4n) is 3.63. The van der Waals surface area contributed by atoms with Crippen molar-refractivity contribution in [2.75, 3.05) is 25.5 Å². The van der Waals surface area contributed by atoms with Crippen LogP contribution in [-0.2, 0) is 14.4 Å². The van der Waals surface area contributed by atoms with E-state index in [9.17, 15) is 14.4 Å². The van der Waals surface area contributed by atoms with Gasteiger partial charge in [0.1, 0.15) is 0 Å². The molecule has 6 nitrogen and oxygen atoms in total. The van der Waals surface area contributed by atoms with E-state index in [1.807, 2.05) is 68.4 Å². The first-order valence-corrected chi connectivity index (χ1v) is 9.81. The van der Waals surface area contributed by atoms with Crippen LogP contribution < -0.4 is 5.32 Å². The third-order valence-corrected chi connectivity index (χ3v) is 5.35. The van der Waals surface area contributed by atoms with E-state index in [2.05, 4.69) is 5.32 Å². The fourth-order valence-corrected chi connectivity index (χ4v) is 3.63. The largest absolute Gasteiger partial charge is 0.336 e. The number of benzene rings is 2. The quantitative estimate of drug-likeness (QED) is 0.820. The van der Waals surface area contributed by atoms with Crippen molar-refractivity contribution in [3.05, 3.63) is 65.7 Å². The summed E-state index contributed by atoms with van der Waals surface area (Å²) in [5.74, 6) is -0.897. The van der Waals surface area contributed by atoms with Crippen LogP contribution in [0.5, 0.6) is 0 Å². The molecule has 3 rings (SSSR count). The van der Waals surface area contributed by atoms with Crippen LogP contribution in [-0.4, -0.2) is 47.7 Å². The van der Waals surface area contributed by atoms with E-state index >= 15 is 0 Å². The molecule has 0 aliphatic carbocycles. The molecule has 1 heterocycles. The normalized spacial score (nSPS) is 17.1. The van der Waals surface area contributed by atoms with E-state index in [0.717, 1.165) is 11.1 Å². The maximum atomic E-state index is 12.8. The highest BCUT2D eigenvalue weighted by molar-refractivity contribution is 5.96. The number of hydrogen-bond donors (Lipinski definition) is 1. The molecule has 0 bridgehead atoms. The van der Waals surface area contributed by atoms with Crippen LogP contribution in [0.15, 0.2) is 54.6 Å². The first-order chi connectivity index (χ1) is 13.8. The second-order valence-corrected chi connectivity index (χ2v) is 7.64. The van der Waals surface area contributed by atoms with Gasteiger partial charge in [-0.05, 0) is 31.5 Å². The summed E-state index contributed by atoms with van der Waals surface area (Å²) < 4.78 is 0. The summed E-state index contributed by atoms with van der Waals surface area (Å²) in [6, 6.07) is 17.2. The molecule has 152 valence electrons. The van der Waals surface area contributed by atoms with Gasteiger partial charge in [0.05, 0.1) is 18.5 Å². The van der Waals surface area contributed by atoms with Gasteiger partial charge in [0.15, 0.2) is 0 Å². The smallest absolute Gasteiger partial charge is 0.243 e. The fraction of sp³-hybridized carbons (Fsp3) is 0.348. The number of rotatable bonds is 6. The summed E-state index contributed by atoms with van der Waals surface area (Å²) >= 11 is 0. The molecule has 29 heavy (non-hydrogen) atoms. The molecule has 1 saturated heterocycles. The molecule has 1 fully saturated rings.